The van der Waals surface area contributed by atoms with E-state index in [9.17, 15) is 24.2 Å². The van der Waals surface area contributed by atoms with E-state index in [2.05, 4.69) is 15.2 Å². The van der Waals surface area contributed by atoms with Gasteiger partial charge in [-0.05, 0) is 42.2 Å². The number of methoxy groups -OCH3 is 1. The number of nitrogens with one attached hydrogen (secondary N) is 1. The Kier molecular flexibility index (Phi) is 13.5. The van der Waals surface area contributed by atoms with Gasteiger partial charge in [-0.15, -0.1) is 0 Å². The highest BCUT2D eigenvalue weighted by atomic mass is 31.2. The summed E-state index contributed by atoms with van der Waals surface area (Å²) in [5, 5.41) is 16.3. The minimum absolute atomic E-state index is 0.0632. The van der Waals surface area contributed by atoms with E-state index in [-0.39, 0.29) is 35.9 Å². The lowest BCUT2D eigenvalue weighted by atomic mass is 9.87. The predicted molar refractivity (Wildman–Crippen MR) is 173 cm³/mol. The number of carbonyl (C=O) groups excluding carboxylic acids is 3. The van der Waals surface area contributed by atoms with E-state index in [0.29, 0.717) is 5.52 Å². The molecule has 5 atom stereocenters. The minimum atomic E-state index is -4.52. The lowest BCUT2D eigenvalue weighted by Gasteiger charge is -2.31. The Morgan fingerprint density at radius 3 is 2.33 bits per heavy atom. The Morgan fingerprint density at radius 1 is 1.06 bits per heavy atom. The van der Waals surface area contributed by atoms with Crippen LogP contribution >= 0.6 is 7.75 Å². The molecule has 0 aliphatic carbocycles. The molecule has 0 aliphatic heterocycles. The molecule has 0 fully saturated rings. The minimum Gasteiger partial charge on any atom is -0.462 e. The van der Waals surface area contributed by atoms with Gasteiger partial charge in [0.25, 0.3) is 6.26 Å². The number of carbonyl (C=O) groups is 3. The summed E-state index contributed by atoms with van der Waals surface area (Å²) in [6.45, 7) is 8.97. The van der Waals surface area contributed by atoms with Crippen LogP contribution < -0.4 is 15.3 Å². The van der Waals surface area contributed by atoms with Crippen LogP contribution in [0.2, 0.25) is 0 Å². The summed E-state index contributed by atoms with van der Waals surface area (Å²) in [6.07, 6.45) is -1.91. The summed E-state index contributed by atoms with van der Waals surface area (Å²) in [4.78, 5) is 41.3. The number of nitrogens with zero attached hydrogens (tertiary/aromatic N) is 4. The van der Waals surface area contributed by atoms with Crippen LogP contribution in [-0.4, -0.2) is 77.7 Å². The van der Waals surface area contributed by atoms with Crippen molar-refractivity contribution in [2.75, 3.05) is 32.7 Å². The predicted octanol–water partition coefficient (Wildman–Crippen LogP) is 3.38. The van der Waals surface area contributed by atoms with Gasteiger partial charge in [0, 0.05) is 21.0 Å². The molecule has 17 nitrogen and oxygen atoms in total. The van der Waals surface area contributed by atoms with Gasteiger partial charge >= 0.3 is 25.7 Å². The Morgan fingerprint density at radius 2 is 1.73 bits per heavy atom. The maximum absolute atomic E-state index is 14.3. The molecule has 0 spiro atoms. The van der Waals surface area contributed by atoms with Gasteiger partial charge in [-0.25, -0.2) is 14.1 Å². The number of esters is 3. The first kappa shape index (κ1) is 38.7. The maximum atomic E-state index is 14.3. The quantitative estimate of drug-likeness (QED) is 0.0675. The number of hydrogen-bond donors (Lipinski definition) is 2. The van der Waals surface area contributed by atoms with Gasteiger partial charge in [-0.3, -0.25) is 18.9 Å². The molecule has 1 unspecified atom stereocenters. The molecule has 0 bridgehead atoms. The van der Waals surface area contributed by atoms with Crippen LogP contribution in [0.15, 0.2) is 42.7 Å². The Balaban J connectivity index is 2.01. The standard InChI is InChI=1S/C31H41N6O11P/c1-19(30(40)43-15-14-42-7)36-49(41,48-23-10-8-22(9-11-23)31(4,5)6)45-16-26(44-17-32)28(47-21(3)39)27(46-20(2)38)24-12-13-25-29(33)34-18-35-37(24)25/h8-13,18-19,26-28H,14-16H2,1-7H3,(H,36,41)(H2,33,34,35)/t19-,26+,27-,28+,49?/m0/s1. The number of anilines is 1. The molecule has 3 rings (SSSR count). The second-order valence-corrected chi connectivity index (χ2v) is 13.4. The van der Waals surface area contributed by atoms with Crippen molar-refractivity contribution in [1.82, 2.24) is 19.7 Å². The second-order valence-electron chi connectivity index (χ2n) is 11.7. The number of hydrogen-bond acceptors (Lipinski definition) is 15. The fourth-order valence-corrected chi connectivity index (χ4v) is 6.01. The Hall–Kier alpha value is -4.75. The van der Waals surface area contributed by atoms with E-state index < -0.39 is 56.6 Å². The fraction of sp³-hybridized carbons (Fsp3) is 0.484. The molecule has 49 heavy (non-hydrogen) atoms. The largest absolute Gasteiger partial charge is 0.462 e. The van der Waals surface area contributed by atoms with Crippen LogP contribution in [0.4, 0.5) is 5.82 Å². The highest BCUT2D eigenvalue weighted by Gasteiger charge is 2.42. The molecule has 3 aromatic rings. The van der Waals surface area contributed by atoms with Crippen LogP contribution in [0.3, 0.4) is 0 Å². The number of nitriles is 1. The number of ether oxygens (including phenoxy) is 5. The van der Waals surface area contributed by atoms with Gasteiger partial charge < -0.3 is 33.9 Å². The van der Waals surface area contributed by atoms with Gasteiger partial charge in [-0.1, -0.05) is 32.9 Å². The summed E-state index contributed by atoms with van der Waals surface area (Å²) >= 11 is 0. The molecule has 18 heteroatoms. The second kappa shape index (κ2) is 17.1. The lowest BCUT2D eigenvalue weighted by Crippen LogP contribution is -2.43. The SMILES string of the molecule is COCCOC(=O)[C@H](C)NP(=O)(OC[C@@H](OC#N)[C@@H](OC(C)=O)[C@@H](OC(C)=O)c1ccc2c(N)ncnn12)Oc1ccc(C(C)(C)C)cc1. The first-order valence-corrected chi connectivity index (χ1v) is 16.6. The Bertz CT molecular complexity index is 1690. The van der Waals surface area contributed by atoms with Crippen LogP contribution in [0.25, 0.3) is 5.52 Å². The molecule has 0 aliphatic rings. The van der Waals surface area contributed by atoms with E-state index in [0.717, 1.165) is 19.4 Å². The average molecular weight is 705 g/mol. The highest BCUT2D eigenvalue weighted by molar-refractivity contribution is 7.52. The first-order valence-electron chi connectivity index (χ1n) is 15.0. The van der Waals surface area contributed by atoms with Gasteiger partial charge in [0.1, 0.15) is 36.8 Å². The lowest BCUT2D eigenvalue weighted by molar-refractivity contribution is -0.177. The third-order valence-electron chi connectivity index (χ3n) is 6.86. The third kappa shape index (κ3) is 10.9. The van der Waals surface area contributed by atoms with Crippen molar-refractivity contribution in [2.45, 2.75) is 71.3 Å². The van der Waals surface area contributed by atoms with Crippen molar-refractivity contribution in [3.05, 3.63) is 54.0 Å². The zero-order valence-corrected chi connectivity index (χ0v) is 29.2. The molecule has 0 saturated heterocycles. The van der Waals surface area contributed by atoms with Crippen molar-refractivity contribution in [1.29, 1.82) is 5.26 Å². The number of aromatic nitrogens is 3. The number of nitrogen functional groups attached to an aromatic ring is 1. The molecule has 0 saturated carbocycles. The van der Waals surface area contributed by atoms with Crippen molar-refractivity contribution in [3.8, 4) is 12.0 Å². The van der Waals surface area contributed by atoms with Gasteiger partial charge in [0.2, 0.25) is 0 Å². The zero-order valence-electron chi connectivity index (χ0n) is 28.3. The molecule has 2 aromatic heterocycles. The summed E-state index contributed by atoms with van der Waals surface area (Å²) in [7, 11) is -3.09. The molecule has 2 heterocycles. The number of fused-ring (bicyclic) bond motifs is 1. The summed E-state index contributed by atoms with van der Waals surface area (Å²) in [5.41, 5.74) is 7.26. The van der Waals surface area contributed by atoms with Crippen molar-refractivity contribution in [3.63, 3.8) is 0 Å². The van der Waals surface area contributed by atoms with E-state index in [1.807, 2.05) is 20.8 Å². The van der Waals surface area contributed by atoms with Crippen LogP contribution in [0, 0.1) is 11.5 Å². The fourth-order valence-electron chi connectivity index (χ4n) is 4.51. The van der Waals surface area contributed by atoms with Gasteiger partial charge in [-0.2, -0.15) is 15.4 Å². The normalized spacial score (nSPS) is 15.1. The topological polar surface area (TPSA) is 225 Å². The molecular weight excluding hydrogens is 663 g/mol. The summed E-state index contributed by atoms with van der Waals surface area (Å²) in [5.74, 6) is -2.19. The van der Waals surface area contributed by atoms with Crippen molar-refractivity contribution in [2.24, 2.45) is 0 Å². The highest BCUT2D eigenvalue weighted by Crippen LogP contribution is 2.46. The molecular formula is C31H41N6O11P. The maximum Gasteiger partial charge on any atom is 0.459 e. The number of nitrogens with two attached hydrogens (primary N) is 1. The van der Waals surface area contributed by atoms with Crippen LogP contribution in [0.5, 0.6) is 5.75 Å². The van der Waals surface area contributed by atoms with E-state index >= 15 is 0 Å². The van der Waals surface area contributed by atoms with Gasteiger partial charge in [0.05, 0.1) is 12.3 Å². The summed E-state index contributed by atoms with van der Waals surface area (Å²) in [6, 6.07) is 8.54. The van der Waals surface area contributed by atoms with E-state index in [1.54, 1.807) is 30.3 Å². The van der Waals surface area contributed by atoms with E-state index in [4.69, 9.17) is 38.5 Å². The third-order valence-corrected chi connectivity index (χ3v) is 8.50. The number of rotatable bonds is 17. The molecule has 3 N–H and O–H groups in total. The van der Waals surface area contributed by atoms with Gasteiger partial charge in [0.15, 0.2) is 24.1 Å². The monoisotopic (exact) mass is 704 g/mol. The zero-order chi connectivity index (χ0) is 36.4. The van der Waals surface area contributed by atoms with Crippen molar-refractivity contribution < 1.29 is 51.7 Å². The molecule has 266 valence electrons. The molecule has 1 aromatic carbocycles. The molecule has 0 amide bonds. The first-order chi connectivity index (χ1) is 23.1. The average Bonchev–Trinajstić information content (AvgIpc) is 3.46. The summed E-state index contributed by atoms with van der Waals surface area (Å²) < 4.78 is 53.6. The molecule has 0 radical (unpaired) electrons. The number of benzene rings is 1. The van der Waals surface area contributed by atoms with Crippen LogP contribution in [0.1, 0.15) is 58.9 Å². The van der Waals surface area contributed by atoms with Crippen LogP contribution in [-0.2, 0) is 52.6 Å². The van der Waals surface area contributed by atoms with E-state index in [1.165, 1.54) is 37.2 Å². The smallest absolute Gasteiger partial charge is 0.459 e. The Labute approximate surface area is 283 Å². The van der Waals surface area contributed by atoms with Crippen molar-refractivity contribution >= 4 is 37.0 Å².